The first-order chi connectivity index (χ1) is 14.2. The monoisotopic (exact) mass is 448 g/mol. The van der Waals surface area contributed by atoms with Gasteiger partial charge in [0, 0.05) is 22.0 Å². The second-order valence-corrected chi connectivity index (χ2v) is 8.08. The van der Waals surface area contributed by atoms with Crippen LogP contribution in [0.5, 0.6) is 11.5 Å². The summed E-state index contributed by atoms with van der Waals surface area (Å²) in [5.74, 6) is 1.80. The van der Waals surface area contributed by atoms with E-state index in [2.05, 4.69) is 69.5 Å². The third-order valence-electron chi connectivity index (χ3n) is 5.35. The Morgan fingerprint density at radius 1 is 1.03 bits per heavy atom. The van der Waals surface area contributed by atoms with Gasteiger partial charge < -0.3 is 9.47 Å². The quantitative estimate of drug-likeness (QED) is 0.484. The Hall–Kier alpha value is -2.79. The fourth-order valence-corrected chi connectivity index (χ4v) is 4.23. The summed E-state index contributed by atoms with van der Waals surface area (Å²) < 4.78 is 13.1. The second kappa shape index (κ2) is 7.56. The summed E-state index contributed by atoms with van der Waals surface area (Å²) in [6.07, 6.45) is 0.591. The van der Waals surface area contributed by atoms with Crippen molar-refractivity contribution in [3.63, 3.8) is 0 Å². The summed E-state index contributed by atoms with van der Waals surface area (Å²) in [6.45, 7) is 2.64. The van der Waals surface area contributed by atoms with Crippen molar-refractivity contribution in [2.45, 2.75) is 25.6 Å². The van der Waals surface area contributed by atoms with E-state index in [4.69, 9.17) is 14.6 Å². The Morgan fingerprint density at radius 2 is 1.79 bits per heavy atom. The lowest BCUT2D eigenvalue weighted by Gasteiger charge is -2.38. The molecule has 0 radical (unpaired) electrons. The number of nitrogens with zero attached hydrogens (tertiary/aromatic N) is 2. The van der Waals surface area contributed by atoms with E-state index >= 15 is 0 Å². The molecule has 146 valence electrons. The molecule has 0 saturated carbocycles. The van der Waals surface area contributed by atoms with E-state index in [0.717, 1.165) is 39.2 Å². The molecule has 0 N–H and O–H groups in total. The number of hydrazone groups is 1. The zero-order valence-electron chi connectivity index (χ0n) is 16.1. The predicted molar refractivity (Wildman–Crippen MR) is 117 cm³/mol. The Kier molecular flexibility index (Phi) is 4.76. The highest BCUT2D eigenvalue weighted by Gasteiger charge is 2.40. The molecule has 0 spiro atoms. The Labute approximate surface area is 178 Å². The summed E-state index contributed by atoms with van der Waals surface area (Å²) in [5.41, 5.74) is 4.48. The maximum atomic E-state index is 6.41. The fourth-order valence-electron chi connectivity index (χ4n) is 3.97. The largest absolute Gasteiger partial charge is 0.494 e. The molecule has 4 nitrogen and oxygen atoms in total. The number of hydrogen-bond acceptors (Lipinski definition) is 4. The van der Waals surface area contributed by atoms with Gasteiger partial charge in [-0.3, -0.25) is 0 Å². The second-order valence-electron chi connectivity index (χ2n) is 7.16. The summed E-state index contributed by atoms with van der Waals surface area (Å²) in [5, 5.41) is 7.11. The number of ether oxygens (including phenoxy) is 2. The van der Waals surface area contributed by atoms with Gasteiger partial charge in [0.15, 0.2) is 0 Å². The number of halogens is 1. The average Bonchev–Trinajstić information content (AvgIpc) is 3.20. The molecule has 5 heteroatoms. The molecule has 3 aromatic carbocycles. The van der Waals surface area contributed by atoms with Gasteiger partial charge in [-0.1, -0.05) is 46.3 Å². The van der Waals surface area contributed by atoms with Crippen molar-refractivity contribution in [3.05, 3.63) is 94.0 Å². The Balaban J connectivity index is 1.53. The SMILES string of the molecule is CCOc1ccc([C@@H]2Oc3ccccc3[C@@H]3CC(c4ccc(Br)cc4)=NN32)cc1. The third-order valence-corrected chi connectivity index (χ3v) is 5.88. The van der Waals surface area contributed by atoms with Gasteiger partial charge in [-0.25, -0.2) is 5.01 Å². The van der Waals surface area contributed by atoms with E-state index in [1.54, 1.807) is 0 Å². The highest BCUT2D eigenvalue weighted by Crippen LogP contribution is 2.47. The molecule has 2 aliphatic heterocycles. The standard InChI is InChI=1S/C24H21BrN2O2/c1-2-28-19-13-9-17(10-14-19)24-27-22(20-5-3-4-6-23(20)29-24)15-21(26-27)16-7-11-18(25)12-8-16/h3-14,22,24H,2,15H2,1H3/t22-,24-/m0/s1. The van der Waals surface area contributed by atoms with Crippen LogP contribution in [0, 0.1) is 0 Å². The topological polar surface area (TPSA) is 34.1 Å². The summed E-state index contributed by atoms with van der Waals surface area (Å²) in [7, 11) is 0. The van der Waals surface area contributed by atoms with Gasteiger partial charge in [-0.05, 0) is 55.0 Å². The van der Waals surface area contributed by atoms with Crippen LogP contribution >= 0.6 is 15.9 Å². The molecule has 2 heterocycles. The minimum atomic E-state index is -0.265. The number of para-hydroxylation sites is 1. The molecule has 0 bridgehead atoms. The van der Waals surface area contributed by atoms with E-state index in [9.17, 15) is 0 Å². The molecule has 0 fully saturated rings. The van der Waals surface area contributed by atoms with Crippen LogP contribution in [0.15, 0.2) is 82.4 Å². The van der Waals surface area contributed by atoms with Crippen LogP contribution in [0.25, 0.3) is 0 Å². The molecule has 2 aliphatic rings. The van der Waals surface area contributed by atoms with E-state index in [1.807, 2.05) is 31.2 Å². The van der Waals surface area contributed by atoms with Crippen molar-refractivity contribution in [2.24, 2.45) is 5.10 Å². The molecule has 0 aliphatic carbocycles. The molecular formula is C24H21BrN2O2. The van der Waals surface area contributed by atoms with Crippen LogP contribution in [-0.4, -0.2) is 17.3 Å². The van der Waals surface area contributed by atoms with E-state index in [0.29, 0.717) is 6.61 Å². The van der Waals surface area contributed by atoms with Gasteiger partial charge >= 0.3 is 0 Å². The zero-order chi connectivity index (χ0) is 19.8. The minimum Gasteiger partial charge on any atom is -0.494 e. The molecule has 0 aromatic heterocycles. The number of hydrogen-bond donors (Lipinski definition) is 0. The lowest BCUT2D eigenvalue weighted by atomic mass is 9.96. The molecule has 5 rings (SSSR count). The van der Waals surface area contributed by atoms with Gasteiger partial charge in [0.25, 0.3) is 0 Å². The molecule has 0 saturated heterocycles. The Bertz CT molecular complexity index is 1050. The molecule has 3 aromatic rings. The highest BCUT2D eigenvalue weighted by molar-refractivity contribution is 9.10. The van der Waals surface area contributed by atoms with Crippen LogP contribution in [0.4, 0.5) is 0 Å². The minimum absolute atomic E-state index is 0.162. The van der Waals surface area contributed by atoms with Crippen molar-refractivity contribution >= 4 is 21.6 Å². The normalized spacial score (nSPS) is 19.8. The summed E-state index contributed by atoms with van der Waals surface area (Å²) in [4.78, 5) is 0. The van der Waals surface area contributed by atoms with Crippen LogP contribution in [0.1, 0.15) is 42.3 Å². The predicted octanol–water partition coefficient (Wildman–Crippen LogP) is 6.09. The van der Waals surface area contributed by atoms with Gasteiger partial charge in [0.2, 0.25) is 6.23 Å². The molecule has 2 atom stereocenters. The van der Waals surface area contributed by atoms with Crippen molar-refractivity contribution in [1.29, 1.82) is 0 Å². The van der Waals surface area contributed by atoms with E-state index < -0.39 is 0 Å². The number of fused-ring (bicyclic) bond motifs is 3. The lowest BCUT2D eigenvalue weighted by Crippen LogP contribution is -2.33. The maximum Gasteiger partial charge on any atom is 0.213 e. The van der Waals surface area contributed by atoms with E-state index in [-0.39, 0.29) is 12.3 Å². The van der Waals surface area contributed by atoms with Crippen LogP contribution in [0.2, 0.25) is 0 Å². The van der Waals surface area contributed by atoms with Crippen molar-refractivity contribution < 1.29 is 9.47 Å². The van der Waals surface area contributed by atoms with Crippen molar-refractivity contribution in [3.8, 4) is 11.5 Å². The summed E-state index contributed by atoms with van der Waals surface area (Å²) in [6, 6.07) is 24.9. The van der Waals surface area contributed by atoms with Gasteiger partial charge in [-0.15, -0.1) is 0 Å². The van der Waals surface area contributed by atoms with Crippen LogP contribution < -0.4 is 9.47 Å². The first kappa shape index (κ1) is 18.3. The first-order valence-electron chi connectivity index (χ1n) is 9.83. The zero-order valence-corrected chi connectivity index (χ0v) is 17.7. The number of rotatable bonds is 4. The summed E-state index contributed by atoms with van der Waals surface area (Å²) >= 11 is 3.51. The maximum absolute atomic E-state index is 6.41. The molecule has 29 heavy (non-hydrogen) atoms. The van der Waals surface area contributed by atoms with Gasteiger partial charge in [0.1, 0.15) is 11.5 Å². The lowest BCUT2D eigenvalue weighted by molar-refractivity contribution is -0.0190. The Morgan fingerprint density at radius 3 is 2.55 bits per heavy atom. The first-order valence-corrected chi connectivity index (χ1v) is 10.6. The molecular weight excluding hydrogens is 428 g/mol. The van der Waals surface area contributed by atoms with Crippen molar-refractivity contribution in [1.82, 2.24) is 5.01 Å². The average molecular weight is 449 g/mol. The fraction of sp³-hybridized carbons (Fsp3) is 0.208. The molecule has 0 unspecified atom stereocenters. The van der Waals surface area contributed by atoms with Gasteiger partial charge in [0.05, 0.1) is 18.4 Å². The highest BCUT2D eigenvalue weighted by atomic mass is 79.9. The van der Waals surface area contributed by atoms with Crippen LogP contribution in [-0.2, 0) is 0 Å². The van der Waals surface area contributed by atoms with E-state index in [1.165, 1.54) is 5.56 Å². The van der Waals surface area contributed by atoms with Crippen molar-refractivity contribution in [2.75, 3.05) is 6.61 Å². The molecule has 0 amide bonds. The third kappa shape index (κ3) is 3.40. The number of benzene rings is 3. The van der Waals surface area contributed by atoms with Gasteiger partial charge in [-0.2, -0.15) is 5.10 Å². The smallest absolute Gasteiger partial charge is 0.213 e. The van der Waals surface area contributed by atoms with Crippen LogP contribution in [0.3, 0.4) is 0 Å².